The molecule has 2 N–H and O–H groups in total. The van der Waals surface area contributed by atoms with Crippen molar-refractivity contribution in [1.82, 2.24) is 4.90 Å². The molecule has 1 atom stereocenters. The number of hydrogen-bond donors (Lipinski definition) is 2. The van der Waals surface area contributed by atoms with Gasteiger partial charge in [0.2, 0.25) is 0 Å². The lowest BCUT2D eigenvalue weighted by Crippen LogP contribution is -2.47. The van der Waals surface area contributed by atoms with Crippen molar-refractivity contribution in [3.05, 3.63) is 0 Å². The molecule has 1 aliphatic heterocycles. The van der Waals surface area contributed by atoms with Crippen LogP contribution in [0, 0.1) is 0 Å². The lowest BCUT2D eigenvalue weighted by atomic mass is 9.78. The maximum Gasteiger partial charge on any atom is 0.475 e. The quantitative estimate of drug-likeness (QED) is 0.621. The van der Waals surface area contributed by atoms with Gasteiger partial charge in [-0.05, 0) is 33.6 Å². The van der Waals surface area contributed by atoms with Crippen LogP contribution in [-0.4, -0.2) is 46.2 Å². The number of carbonyl (C=O) groups is 1. The van der Waals surface area contributed by atoms with Crippen LogP contribution in [0.25, 0.3) is 0 Å². The summed E-state index contributed by atoms with van der Waals surface area (Å²) < 4.78 is 5.17. The first-order valence-corrected chi connectivity index (χ1v) is 5.17. The van der Waals surface area contributed by atoms with Gasteiger partial charge in [0, 0.05) is 6.54 Å². The number of carbonyl (C=O) groups excluding carboxylic acids is 1. The lowest BCUT2D eigenvalue weighted by Gasteiger charge is -2.28. The molecule has 0 radical (unpaired) electrons. The van der Waals surface area contributed by atoms with Crippen LogP contribution in [0.1, 0.15) is 33.6 Å². The molecule has 15 heavy (non-hydrogen) atoms. The Labute approximate surface area is 90.2 Å². The Morgan fingerprint density at radius 3 is 2.53 bits per heavy atom. The van der Waals surface area contributed by atoms with E-state index < -0.39 is 24.8 Å². The third kappa shape index (κ3) is 3.39. The maximum absolute atomic E-state index is 11.7. The predicted molar refractivity (Wildman–Crippen MR) is 56.2 cm³/mol. The fourth-order valence-corrected chi connectivity index (χ4v) is 1.65. The fraction of sp³-hybridized carbons (Fsp3) is 0.889. The summed E-state index contributed by atoms with van der Waals surface area (Å²) in [5.74, 6) is -0.528. The minimum Gasteiger partial charge on any atom is -0.444 e. The van der Waals surface area contributed by atoms with Crippen LogP contribution in [0.5, 0.6) is 0 Å². The summed E-state index contributed by atoms with van der Waals surface area (Å²) in [6, 6.07) is 0. The molecule has 1 fully saturated rings. The van der Waals surface area contributed by atoms with E-state index in [1.54, 1.807) is 20.8 Å². The first-order valence-electron chi connectivity index (χ1n) is 5.17. The van der Waals surface area contributed by atoms with Crippen molar-refractivity contribution >= 4 is 13.2 Å². The van der Waals surface area contributed by atoms with Crippen molar-refractivity contribution in [3.8, 4) is 0 Å². The highest BCUT2D eigenvalue weighted by Gasteiger charge is 2.38. The van der Waals surface area contributed by atoms with Crippen molar-refractivity contribution in [2.75, 3.05) is 6.54 Å². The maximum atomic E-state index is 11.7. The molecule has 1 heterocycles. The van der Waals surface area contributed by atoms with Gasteiger partial charge in [-0.15, -0.1) is 0 Å². The number of hydrogen-bond acceptors (Lipinski definition) is 4. The first-order chi connectivity index (χ1) is 6.81. The Morgan fingerprint density at radius 2 is 2.07 bits per heavy atom. The standard InChI is InChI=1S/C9H18BNO4/c1-9(2,3)15-8(12)11-6-4-5-7(11)10(13)14/h7,13-14H,4-6H2,1-3H3/t7-/m0/s1. The zero-order valence-corrected chi connectivity index (χ0v) is 9.43. The molecule has 0 saturated carbocycles. The molecule has 0 aromatic rings. The Kier molecular flexibility index (Phi) is 3.62. The SMILES string of the molecule is CC(C)(C)OC(=O)N1CCC[C@H]1B(O)O. The van der Waals surface area contributed by atoms with Gasteiger partial charge in [-0.1, -0.05) is 0 Å². The normalized spacial score (nSPS) is 21.7. The molecular weight excluding hydrogens is 197 g/mol. The van der Waals surface area contributed by atoms with Crippen LogP contribution in [0.3, 0.4) is 0 Å². The zero-order chi connectivity index (χ0) is 11.6. The Hall–Kier alpha value is -0.745. The third-order valence-electron chi connectivity index (χ3n) is 2.27. The van der Waals surface area contributed by atoms with Crippen LogP contribution in [0.4, 0.5) is 4.79 Å². The molecule has 86 valence electrons. The molecule has 1 aliphatic rings. The van der Waals surface area contributed by atoms with E-state index >= 15 is 0 Å². The molecule has 5 nitrogen and oxygen atoms in total. The van der Waals surface area contributed by atoms with E-state index in [-0.39, 0.29) is 0 Å². The molecular formula is C9H18BNO4. The van der Waals surface area contributed by atoms with Crippen LogP contribution in [0.15, 0.2) is 0 Å². The van der Waals surface area contributed by atoms with Gasteiger partial charge in [0.15, 0.2) is 0 Å². The number of rotatable bonds is 1. The highest BCUT2D eigenvalue weighted by Crippen LogP contribution is 2.21. The smallest absolute Gasteiger partial charge is 0.444 e. The summed E-state index contributed by atoms with van der Waals surface area (Å²) in [5, 5.41) is 18.2. The Balaban J connectivity index is 2.59. The highest BCUT2D eigenvalue weighted by atomic mass is 16.6. The van der Waals surface area contributed by atoms with Crippen molar-refractivity contribution in [2.45, 2.75) is 45.2 Å². The number of amides is 1. The molecule has 0 unspecified atom stereocenters. The molecule has 1 amide bonds. The van der Waals surface area contributed by atoms with Gasteiger partial charge in [0.05, 0.1) is 5.94 Å². The van der Waals surface area contributed by atoms with E-state index in [0.29, 0.717) is 13.0 Å². The summed E-state index contributed by atoms with van der Waals surface area (Å²) in [4.78, 5) is 13.0. The molecule has 0 aliphatic carbocycles. The van der Waals surface area contributed by atoms with E-state index in [0.717, 1.165) is 6.42 Å². The van der Waals surface area contributed by atoms with E-state index in [1.807, 2.05) is 0 Å². The summed E-state index contributed by atoms with van der Waals surface area (Å²) >= 11 is 0. The molecule has 1 rings (SSSR count). The van der Waals surface area contributed by atoms with Gasteiger partial charge >= 0.3 is 13.2 Å². The summed E-state index contributed by atoms with van der Waals surface area (Å²) in [6.07, 6.45) is 0.913. The van der Waals surface area contributed by atoms with Crippen molar-refractivity contribution in [3.63, 3.8) is 0 Å². The highest BCUT2D eigenvalue weighted by molar-refractivity contribution is 6.43. The van der Waals surface area contributed by atoms with Gasteiger partial charge in [-0.3, -0.25) is 0 Å². The Morgan fingerprint density at radius 1 is 1.47 bits per heavy atom. The zero-order valence-electron chi connectivity index (χ0n) is 9.43. The predicted octanol–water partition coefficient (Wildman–Crippen LogP) is 0.398. The number of likely N-dealkylation sites (tertiary alicyclic amines) is 1. The number of ether oxygens (including phenoxy) is 1. The summed E-state index contributed by atoms with van der Waals surface area (Å²) in [5.41, 5.74) is -0.551. The van der Waals surface area contributed by atoms with Gasteiger partial charge in [-0.2, -0.15) is 0 Å². The molecule has 0 spiro atoms. The van der Waals surface area contributed by atoms with Gasteiger partial charge in [0.25, 0.3) is 0 Å². The molecule has 1 saturated heterocycles. The van der Waals surface area contributed by atoms with Crippen LogP contribution in [-0.2, 0) is 4.74 Å². The van der Waals surface area contributed by atoms with E-state index in [1.165, 1.54) is 4.90 Å². The summed E-state index contributed by atoms with van der Waals surface area (Å²) in [7, 11) is -1.49. The molecule has 6 heteroatoms. The first kappa shape index (κ1) is 12.3. The second kappa shape index (κ2) is 4.41. The van der Waals surface area contributed by atoms with Gasteiger partial charge in [0.1, 0.15) is 5.60 Å². The van der Waals surface area contributed by atoms with Crippen molar-refractivity contribution in [2.24, 2.45) is 0 Å². The monoisotopic (exact) mass is 215 g/mol. The minimum atomic E-state index is -1.49. The van der Waals surface area contributed by atoms with Crippen molar-refractivity contribution in [1.29, 1.82) is 0 Å². The average Bonchev–Trinajstić information content (AvgIpc) is 2.47. The van der Waals surface area contributed by atoms with Crippen LogP contribution in [0.2, 0.25) is 0 Å². The van der Waals surface area contributed by atoms with Crippen molar-refractivity contribution < 1.29 is 19.6 Å². The van der Waals surface area contributed by atoms with E-state index in [9.17, 15) is 4.79 Å². The summed E-state index contributed by atoms with van der Waals surface area (Å²) in [6.45, 7) is 5.87. The third-order valence-corrected chi connectivity index (χ3v) is 2.27. The largest absolute Gasteiger partial charge is 0.475 e. The topological polar surface area (TPSA) is 70.0 Å². The molecule has 0 aromatic carbocycles. The van der Waals surface area contributed by atoms with Gasteiger partial charge in [-0.25, -0.2) is 4.79 Å². The number of nitrogens with zero attached hydrogens (tertiary/aromatic N) is 1. The minimum absolute atomic E-state index is 0.474. The van der Waals surface area contributed by atoms with Crippen LogP contribution < -0.4 is 0 Å². The van der Waals surface area contributed by atoms with E-state index in [2.05, 4.69) is 0 Å². The second-order valence-electron chi connectivity index (χ2n) is 4.80. The molecule has 0 bridgehead atoms. The van der Waals surface area contributed by atoms with Gasteiger partial charge < -0.3 is 19.7 Å². The second-order valence-corrected chi connectivity index (χ2v) is 4.80. The average molecular weight is 215 g/mol. The Bertz CT molecular complexity index is 239. The molecule has 0 aromatic heterocycles. The lowest BCUT2D eigenvalue weighted by molar-refractivity contribution is 0.0252. The van der Waals surface area contributed by atoms with Crippen LogP contribution >= 0.6 is 0 Å². The van der Waals surface area contributed by atoms with E-state index in [4.69, 9.17) is 14.8 Å². The fourth-order valence-electron chi connectivity index (χ4n) is 1.65.